The van der Waals surface area contributed by atoms with Gasteiger partial charge in [0.05, 0.1) is 22.8 Å². The summed E-state index contributed by atoms with van der Waals surface area (Å²) in [6.07, 6.45) is 0. The highest BCUT2D eigenvalue weighted by atomic mass is 35.5. The molecule has 0 bridgehead atoms. The molecule has 102 valence electrons. The molecule has 2 N–H and O–H groups in total. The lowest BCUT2D eigenvalue weighted by molar-refractivity contribution is 0.0977. The highest BCUT2D eigenvalue weighted by Crippen LogP contribution is 2.33. The van der Waals surface area contributed by atoms with Crippen LogP contribution in [-0.4, -0.2) is 19.1 Å². The van der Waals surface area contributed by atoms with Crippen molar-refractivity contribution in [2.75, 3.05) is 23.8 Å². The Morgan fingerprint density at radius 3 is 2.90 bits per heavy atom. The Morgan fingerprint density at radius 1 is 1.25 bits per heavy atom. The van der Waals surface area contributed by atoms with Crippen LogP contribution in [0.4, 0.5) is 11.4 Å². The van der Waals surface area contributed by atoms with Gasteiger partial charge in [-0.25, -0.2) is 0 Å². The lowest BCUT2D eigenvalue weighted by atomic mass is 10.1. The third-order valence-electron chi connectivity index (χ3n) is 3.19. The SMILES string of the molecule is Nc1ccc(Cl)c(C(=O)N2CCOc3ccccc32)c1. The minimum absolute atomic E-state index is 0.168. The van der Waals surface area contributed by atoms with E-state index in [2.05, 4.69) is 0 Å². The number of fused-ring (bicyclic) bond motifs is 1. The van der Waals surface area contributed by atoms with Crippen molar-refractivity contribution >= 4 is 28.9 Å². The molecule has 5 heteroatoms. The van der Waals surface area contributed by atoms with Gasteiger partial charge in [-0.15, -0.1) is 0 Å². The number of para-hydroxylation sites is 2. The van der Waals surface area contributed by atoms with Crippen LogP contribution in [-0.2, 0) is 0 Å². The standard InChI is InChI=1S/C15H13ClN2O2/c16-12-6-5-10(17)9-11(12)15(19)18-7-8-20-14-4-2-1-3-13(14)18/h1-6,9H,7-8,17H2. The van der Waals surface area contributed by atoms with Crippen LogP contribution in [0.25, 0.3) is 0 Å². The maximum atomic E-state index is 12.7. The molecule has 0 saturated heterocycles. The molecule has 1 amide bonds. The molecule has 4 nitrogen and oxygen atoms in total. The number of ether oxygens (including phenoxy) is 1. The van der Waals surface area contributed by atoms with Crippen LogP contribution >= 0.6 is 11.6 Å². The predicted octanol–water partition coefficient (Wildman–Crippen LogP) is 2.96. The summed E-state index contributed by atoms with van der Waals surface area (Å²) in [5, 5.41) is 0.396. The summed E-state index contributed by atoms with van der Waals surface area (Å²) < 4.78 is 5.54. The van der Waals surface area contributed by atoms with Crippen molar-refractivity contribution in [1.82, 2.24) is 0 Å². The van der Waals surface area contributed by atoms with Crippen LogP contribution in [0.3, 0.4) is 0 Å². The Morgan fingerprint density at radius 2 is 2.05 bits per heavy atom. The second kappa shape index (κ2) is 5.06. The quantitative estimate of drug-likeness (QED) is 0.821. The monoisotopic (exact) mass is 288 g/mol. The number of rotatable bonds is 1. The van der Waals surface area contributed by atoms with Gasteiger partial charge in [0.1, 0.15) is 12.4 Å². The van der Waals surface area contributed by atoms with Crippen molar-refractivity contribution in [3.63, 3.8) is 0 Å². The molecule has 2 aromatic rings. The van der Waals surface area contributed by atoms with Crippen molar-refractivity contribution in [2.24, 2.45) is 0 Å². The van der Waals surface area contributed by atoms with E-state index >= 15 is 0 Å². The Labute approximate surface area is 121 Å². The highest BCUT2D eigenvalue weighted by molar-refractivity contribution is 6.34. The smallest absolute Gasteiger partial charge is 0.260 e. The van der Waals surface area contributed by atoms with Gasteiger partial charge >= 0.3 is 0 Å². The third kappa shape index (κ3) is 2.18. The average molecular weight is 289 g/mol. The molecule has 0 unspecified atom stereocenters. The number of carbonyl (C=O) groups excluding carboxylic acids is 1. The normalized spacial score (nSPS) is 13.6. The van der Waals surface area contributed by atoms with Crippen molar-refractivity contribution in [3.8, 4) is 5.75 Å². The van der Waals surface area contributed by atoms with Crippen molar-refractivity contribution in [3.05, 3.63) is 53.1 Å². The van der Waals surface area contributed by atoms with Gasteiger partial charge < -0.3 is 15.4 Å². The van der Waals surface area contributed by atoms with E-state index in [0.29, 0.717) is 35.2 Å². The fourth-order valence-electron chi connectivity index (χ4n) is 2.23. The zero-order valence-corrected chi connectivity index (χ0v) is 11.4. The van der Waals surface area contributed by atoms with Gasteiger partial charge in [-0.2, -0.15) is 0 Å². The highest BCUT2D eigenvalue weighted by Gasteiger charge is 2.25. The molecule has 1 aliphatic rings. The number of hydrogen-bond donors (Lipinski definition) is 1. The van der Waals surface area contributed by atoms with Gasteiger partial charge in [-0.05, 0) is 30.3 Å². The number of benzene rings is 2. The summed E-state index contributed by atoms with van der Waals surface area (Å²) in [7, 11) is 0. The maximum absolute atomic E-state index is 12.7. The molecule has 0 spiro atoms. The summed E-state index contributed by atoms with van der Waals surface area (Å²) in [6.45, 7) is 0.948. The van der Waals surface area contributed by atoms with Crippen molar-refractivity contribution < 1.29 is 9.53 Å². The molecule has 20 heavy (non-hydrogen) atoms. The number of nitrogen functional groups attached to an aromatic ring is 1. The first kappa shape index (κ1) is 12.8. The van der Waals surface area contributed by atoms with Gasteiger partial charge in [0.25, 0.3) is 5.91 Å². The van der Waals surface area contributed by atoms with E-state index in [1.807, 2.05) is 24.3 Å². The summed E-state index contributed by atoms with van der Waals surface area (Å²) in [5.74, 6) is 0.533. The van der Waals surface area contributed by atoms with Crippen LogP contribution in [0.2, 0.25) is 5.02 Å². The van der Waals surface area contributed by atoms with Gasteiger partial charge in [0.15, 0.2) is 0 Å². The van der Waals surface area contributed by atoms with Crippen LogP contribution < -0.4 is 15.4 Å². The largest absolute Gasteiger partial charge is 0.490 e. The van der Waals surface area contributed by atoms with Crippen LogP contribution in [0.1, 0.15) is 10.4 Å². The average Bonchev–Trinajstić information content (AvgIpc) is 2.48. The summed E-state index contributed by atoms with van der Waals surface area (Å²) >= 11 is 6.10. The number of amides is 1. The zero-order valence-electron chi connectivity index (χ0n) is 10.7. The van der Waals surface area contributed by atoms with E-state index in [1.165, 1.54) is 0 Å². The van der Waals surface area contributed by atoms with Crippen molar-refractivity contribution in [1.29, 1.82) is 0 Å². The zero-order chi connectivity index (χ0) is 14.1. The second-order valence-corrected chi connectivity index (χ2v) is 4.92. The second-order valence-electron chi connectivity index (χ2n) is 4.51. The van der Waals surface area contributed by atoms with E-state index in [4.69, 9.17) is 22.1 Å². The molecule has 0 fully saturated rings. The Balaban J connectivity index is 2.02. The lowest BCUT2D eigenvalue weighted by Gasteiger charge is -2.29. The van der Waals surface area contributed by atoms with Crippen molar-refractivity contribution in [2.45, 2.75) is 0 Å². The Kier molecular flexibility index (Phi) is 3.24. The fourth-order valence-corrected chi connectivity index (χ4v) is 2.43. The van der Waals surface area contributed by atoms with Gasteiger partial charge in [-0.1, -0.05) is 23.7 Å². The van der Waals surface area contributed by atoms with Gasteiger partial charge in [0, 0.05) is 5.69 Å². The Hall–Kier alpha value is -2.20. The molecular weight excluding hydrogens is 276 g/mol. The molecule has 0 saturated carbocycles. The summed E-state index contributed by atoms with van der Waals surface area (Å²) in [6, 6.07) is 12.4. The topological polar surface area (TPSA) is 55.6 Å². The first-order valence-electron chi connectivity index (χ1n) is 6.25. The van der Waals surface area contributed by atoms with Gasteiger partial charge in [-0.3, -0.25) is 4.79 Å². The predicted molar refractivity (Wildman–Crippen MR) is 79.5 cm³/mol. The number of carbonyl (C=O) groups is 1. The third-order valence-corrected chi connectivity index (χ3v) is 3.52. The summed E-state index contributed by atoms with van der Waals surface area (Å²) in [4.78, 5) is 14.3. The number of nitrogens with zero attached hydrogens (tertiary/aromatic N) is 1. The molecule has 0 aliphatic carbocycles. The molecule has 2 aromatic carbocycles. The lowest BCUT2D eigenvalue weighted by Crippen LogP contribution is -2.38. The molecule has 1 aliphatic heterocycles. The number of halogens is 1. The minimum atomic E-state index is -0.168. The molecule has 0 aromatic heterocycles. The first-order chi connectivity index (χ1) is 9.66. The van der Waals surface area contributed by atoms with E-state index in [-0.39, 0.29) is 5.91 Å². The molecule has 0 radical (unpaired) electrons. The maximum Gasteiger partial charge on any atom is 0.260 e. The molecular formula is C15H13ClN2O2. The number of anilines is 2. The molecule has 1 heterocycles. The first-order valence-corrected chi connectivity index (χ1v) is 6.63. The van der Waals surface area contributed by atoms with E-state index in [1.54, 1.807) is 23.1 Å². The van der Waals surface area contributed by atoms with E-state index < -0.39 is 0 Å². The minimum Gasteiger partial charge on any atom is -0.490 e. The van der Waals surface area contributed by atoms with Crippen LogP contribution in [0.15, 0.2) is 42.5 Å². The number of hydrogen-bond acceptors (Lipinski definition) is 3. The van der Waals surface area contributed by atoms with E-state index in [0.717, 1.165) is 5.69 Å². The fraction of sp³-hybridized carbons (Fsp3) is 0.133. The number of nitrogens with two attached hydrogens (primary N) is 1. The van der Waals surface area contributed by atoms with Gasteiger partial charge in [0.2, 0.25) is 0 Å². The van der Waals surface area contributed by atoms with E-state index in [9.17, 15) is 4.79 Å². The van der Waals surface area contributed by atoms with Crippen LogP contribution in [0.5, 0.6) is 5.75 Å². The molecule has 0 atom stereocenters. The summed E-state index contributed by atoms with van der Waals surface area (Å²) in [5.41, 5.74) is 7.41. The van der Waals surface area contributed by atoms with Crippen LogP contribution in [0, 0.1) is 0 Å². The molecule has 3 rings (SSSR count). The Bertz CT molecular complexity index is 673.